The molecule has 138 valence electrons. The predicted molar refractivity (Wildman–Crippen MR) is 95.9 cm³/mol. The highest BCUT2D eigenvalue weighted by atomic mass is 19.1. The third-order valence-corrected chi connectivity index (χ3v) is 4.39. The molecule has 1 amide bonds. The van der Waals surface area contributed by atoms with E-state index in [1.54, 1.807) is 6.07 Å². The molecular weight excluding hydrogens is 349 g/mol. The van der Waals surface area contributed by atoms with Crippen molar-refractivity contribution in [3.63, 3.8) is 0 Å². The first-order valence-corrected chi connectivity index (χ1v) is 8.78. The molecule has 27 heavy (non-hydrogen) atoms. The van der Waals surface area contributed by atoms with Crippen LogP contribution in [0.2, 0.25) is 0 Å². The quantitative estimate of drug-likeness (QED) is 0.749. The standard InChI is InChI=1S/C20H18FN3O3/c1-2-18-23-24-19(27-18)11-22-20(25)15-8-14(9-16(21)10-15)12-3-4-17-13(7-12)5-6-26-17/h3-4,7-10H,2,5-6,11H2,1H3,(H,22,25). The van der Waals surface area contributed by atoms with Crippen LogP contribution >= 0.6 is 0 Å². The first-order chi connectivity index (χ1) is 13.1. The van der Waals surface area contributed by atoms with Crippen LogP contribution in [0.1, 0.15) is 34.6 Å². The number of aryl methyl sites for hydroxylation is 1. The predicted octanol–water partition coefficient (Wildman–Crippen LogP) is 3.30. The lowest BCUT2D eigenvalue weighted by Crippen LogP contribution is -2.23. The highest BCUT2D eigenvalue weighted by Crippen LogP contribution is 2.31. The van der Waals surface area contributed by atoms with E-state index in [1.165, 1.54) is 12.1 Å². The summed E-state index contributed by atoms with van der Waals surface area (Å²) < 4.78 is 25.0. The molecule has 0 fully saturated rings. The van der Waals surface area contributed by atoms with E-state index in [4.69, 9.17) is 9.15 Å². The monoisotopic (exact) mass is 367 g/mol. The Labute approximate surface area is 155 Å². The molecule has 0 spiro atoms. The van der Waals surface area contributed by atoms with Crippen molar-refractivity contribution in [2.24, 2.45) is 0 Å². The number of carbonyl (C=O) groups is 1. The number of ether oxygens (including phenoxy) is 1. The van der Waals surface area contributed by atoms with Crippen molar-refractivity contribution in [3.8, 4) is 16.9 Å². The third kappa shape index (κ3) is 3.67. The maximum atomic E-state index is 14.1. The second-order valence-electron chi connectivity index (χ2n) is 6.28. The van der Waals surface area contributed by atoms with Gasteiger partial charge in [0.05, 0.1) is 13.2 Å². The summed E-state index contributed by atoms with van der Waals surface area (Å²) in [7, 11) is 0. The second-order valence-corrected chi connectivity index (χ2v) is 6.28. The number of amides is 1. The molecule has 4 rings (SSSR count). The molecule has 1 aliphatic rings. The van der Waals surface area contributed by atoms with Gasteiger partial charge in [0.25, 0.3) is 5.91 Å². The lowest BCUT2D eigenvalue weighted by atomic mass is 9.99. The SMILES string of the molecule is CCc1nnc(CNC(=O)c2cc(F)cc(-c3ccc4c(c3)CCO4)c2)o1. The van der Waals surface area contributed by atoms with Gasteiger partial charge in [-0.3, -0.25) is 4.79 Å². The van der Waals surface area contributed by atoms with Crippen molar-refractivity contribution in [1.82, 2.24) is 15.5 Å². The number of halogens is 1. The van der Waals surface area contributed by atoms with Gasteiger partial charge in [-0.15, -0.1) is 10.2 Å². The first-order valence-electron chi connectivity index (χ1n) is 8.78. The fraction of sp³-hybridized carbons (Fsp3) is 0.250. The molecule has 2 aromatic carbocycles. The average molecular weight is 367 g/mol. The fourth-order valence-electron chi connectivity index (χ4n) is 3.01. The molecule has 2 heterocycles. The Hall–Kier alpha value is -3.22. The van der Waals surface area contributed by atoms with Crippen molar-refractivity contribution in [2.75, 3.05) is 6.61 Å². The van der Waals surface area contributed by atoms with Gasteiger partial charge >= 0.3 is 0 Å². The minimum atomic E-state index is -0.472. The van der Waals surface area contributed by atoms with Gasteiger partial charge in [-0.1, -0.05) is 13.0 Å². The van der Waals surface area contributed by atoms with E-state index in [2.05, 4.69) is 15.5 Å². The zero-order valence-electron chi connectivity index (χ0n) is 14.8. The van der Waals surface area contributed by atoms with E-state index in [1.807, 2.05) is 25.1 Å². The lowest BCUT2D eigenvalue weighted by Gasteiger charge is -2.08. The largest absolute Gasteiger partial charge is 0.493 e. The highest BCUT2D eigenvalue weighted by molar-refractivity contribution is 5.95. The number of nitrogens with zero attached hydrogens (tertiary/aromatic N) is 2. The van der Waals surface area contributed by atoms with Crippen LogP contribution in [-0.2, 0) is 19.4 Å². The van der Waals surface area contributed by atoms with Crippen LogP contribution in [0, 0.1) is 5.82 Å². The van der Waals surface area contributed by atoms with Crippen molar-refractivity contribution in [2.45, 2.75) is 26.3 Å². The fourth-order valence-corrected chi connectivity index (χ4v) is 3.01. The summed E-state index contributed by atoms with van der Waals surface area (Å²) in [6, 6.07) is 10.0. The molecule has 0 atom stereocenters. The molecule has 0 unspecified atom stereocenters. The number of benzene rings is 2. The summed E-state index contributed by atoms with van der Waals surface area (Å²) in [4.78, 5) is 12.4. The molecule has 0 radical (unpaired) electrons. The van der Waals surface area contributed by atoms with Crippen LogP contribution in [0.5, 0.6) is 5.75 Å². The lowest BCUT2D eigenvalue weighted by molar-refractivity contribution is 0.0946. The Morgan fingerprint density at radius 3 is 2.81 bits per heavy atom. The normalized spacial score (nSPS) is 12.5. The van der Waals surface area contributed by atoms with Crippen LogP contribution in [0.15, 0.2) is 40.8 Å². The van der Waals surface area contributed by atoms with E-state index in [-0.39, 0.29) is 12.1 Å². The number of fused-ring (bicyclic) bond motifs is 1. The molecule has 0 saturated heterocycles. The molecule has 0 bridgehead atoms. The van der Waals surface area contributed by atoms with Gasteiger partial charge in [0.2, 0.25) is 11.8 Å². The second kappa shape index (κ2) is 7.19. The summed E-state index contributed by atoms with van der Waals surface area (Å²) in [5.41, 5.74) is 2.81. The molecular formula is C20H18FN3O3. The van der Waals surface area contributed by atoms with E-state index in [0.717, 1.165) is 23.3 Å². The number of carbonyl (C=O) groups excluding carboxylic acids is 1. The number of hydrogen-bond donors (Lipinski definition) is 1. The van der Waals surface area contributed by atoms with E-state index < -0.39 is 11.7 Å². The van der Waals surface area contributed by atoms with Gasteiger partial charge < -0.3 is 14.5 Å². The maximum Gasteiger partial charge on any atom is 0.251 e. The van der Waals surface area contributed by atoms with E-state index in [0.29, 0.717) is 30.4 Å². The van der Waals surface area contributed by atoms with Gasteiger partial charge in [-0.25, -0.2) is 4.39 Å². The van der Waals surface area contributed by atoms with Crippen LogP contribution in [-0.4, -0.2) is 22.7 Å². The molecule has 3 aromatic rings. The van der Waals surface area contributed by atoms with Crippen LogP contribution in [0.3, 0.4) is 0 Å². The van der Waals surface area contributed by atoms with Crippen molar-refractivity contribution < 1.29 is 18.3 Å². The average Bonchev–Trinajstić information content (AvgIpc) is 3.33. The van der Waals surface area contributed by atoms with Crippen molar-refractivity contribution >= 4 is 5.91 Å². The number of aromatic nitrogens is 2. The van der Waals surface area contributed by atoms with E-state index >= 15 is 0 Å². The molecule has 6 nitrogen and oxygen atoms in total. The zero-order chi connectivity index (χ0) is 18.8. The molecule has 1 N–H and O–H groups in total. The summed E-state index contributed by atoms with van der Waals surface area (Å²) in [6.07, 6.45) is 1.45. The Bertz CT molecular complexity index is 1000. The first kappa shape index (κ1) is 17.2. The molecule has 1 aliphatic heterocycles. The number of nitrogens with one attached hydrogen (secondary N) is 1. The Morgan fingerprint density at radius 1 is 1.15 bits per heavy atom. The van der Waals surface area contributed by atoms with Crippen LogP contribution < -0.4 is 10.1 Å². The topological polar surface area (TPSA) is 77.2 Å². The molecule has 7 heteroatoms. The van der Waals surface area contributed by atoms with Gasteiger partial charge in [0.15, 0.2) is 0 Å². The molecule has 0 saturated carbocycles. The van der Waals surface area contributed by atoms with Gasteiger partial charge in [-0.2, -0.15) is 0 Å². The van der Waals surface area contributed by atoms with E-state index in [9.17, 15) is 9.18 Å². The zero-order valence-corrected chi connectivity index (χ0v) is 14.8. The Balaban J connectivity index is 1.53. The van der Waals surface area contributed by atoms with Gasteiger partial charge in [-0.05, 0) is 47.0 Å². The number of hydrogen-bond acceptors (Lipinski definition) is 5. The van der Waals surface area contributed by atoms with Crippen molar-refractivity contribution in [1.29, 1.82) is 0 Å². The summed E-state index contributed by atoms with van der Waals surface area (Å²) in [5.74, 6) is 0.805. The summed E-state index contributed by atoms with van der Waals surface area (Å²) >= 11 is 0. The van der Waals surface area contributed by atoms with Crippen LogP contribution in [0.4, 0.5) is 4.39 Å². The minimum absolute atomic E-state index is 0.0911. The van der Waals surface area contributed by atoms with Gasteiger partial charge in [0, 0.05) is 18.4 Å². The Morgan fingerprint density at radius 2 is 2.00 bits per heavy atom. The van der Waals surface area contributed by atoms with Gasteiger partial charge in [0.1, 0.15) is 11.6 Å². The third-order valence-electron chi connectivity index (χ3n) is 4.39. The maximum absolute atomic E-state index is 14.1. The number of rotatable bonds is 5. The Kier molecular flexibility index (Phi) is 4.58. The molecule has 1 aromatic heterocycles. The summed E-state index contributed by atoms with van der Waals surface area (Å²) in [6.45, 7) is 2.65. The van der Waals surface area contributed by atoms with Crippen molar-refractivity contribution in [3.05, 3.63) is 65.1 Å². The smallest absolute Gasteiger partial charge is 0.251 e. The minimum Gasteiger partial charge on any atom is -0.493 e. The highest BCUT2D eigenvalue weighted by Gasteiger charge is 2.15. The summed E-state index contributed by atoms with van der Waals surface area (Å²) in [5, 5.41) is 10.4. The molecule has 0 aliphatic carbocycles. The van der Waals surface area contributed by atoms with Crippen LogP contribution in [0.25, 0.3) is 11.1 Å².